The van der Waals surface area contributed by atoms with Crippen LogP contribution in [0.4, 0.5) is 0 Å². The van der Waals surface area contributed by atoms with Gasteiger partial charge in [-0.2, -0.15) is 0 Å². The zero-order chi connectivity index (χ0) is 19.9. The van der Waals surface area contributed by atoms with E-state index < -0.39 is 0 Å². The lowest BCUT2D eigenvalue weighted by Gasteiger charge is -2.26. The van der Waals surface area contributed by atoms with Crippen LogP contribution >= 0.6 is 0 Å². The summed E-state index contributed by atoms with van der Waals surface area (Å²) in [5, 5.41) is 17.0. The van der Waals surface area contributed by atoms with Crippen LogP contribution in [0.1, 0.15) is 55.3 Å². The molecule has 4 heteroatoms. The Labute approximate surface area is 169 Å². The molecule has 2 aromatic rings. The first kappa shape index (κ1) is 20.8. The number of benzene rings is 2. The zero-order valence-electron chi connectivity index (χ0n) is 17.3. The van der Waals surface area contributed by atoms with Crippen molar-refractivity contribution in [1.82, 2.24) is 10.6 Å². The number of aliphatic hydroxyl groups excluding tert-OH is 1. The predicted molar refractivity (Wildman–Crippen MR) is 115 cm³/mol. The van der Waals surface area contributed by atoms with Crippen LogP contribution in [0.3, 0.4) is 0 Å². The van der Waals surface area contributed by atoms with Crippen molar-refractivity contribution in [2.24, 2.45) is 5.92 Å². The summed E-state index contributed by atoms with van der Waals surface area (Å²) in [6, 6.07) is 17.7. The average molecular weight is 383 g/mol. The summed E-state index contributed by atoms with van der Waals surface area (Å²) in [4.78, 5) is 0. The van der Waals surface area contributed by atoms with Gasteiger partial charge in [0, 0.05) is 37.3 Å². The molecule has 1 saturated heterocycles. The molecular formula is C24H34N2O2. The van der Waals surface area contributed by atoms with Crippen LogP contribution in [0.2, 0.25) is 0 Å². The average Bonchev–Trinajstić information content (AvgIpc) is 3.14. The second-order valence-electron chi connectivity index (χ2n) is 7.86. The van der Waals surface area contributed by atoms with E-state index in [1.807, 2.05) is 0 Å². The molecule has 0 radical (unpaired) electrons. The lowest BCUT2D eigenvalue weighted by atomic mass is 9.91. The van der Waals surface area contributed by atoms with E-state index in [0.717, 1.165) is 31.7 Å². The van der Waals surface area contributed by atoms with Gasteiger partial charge in [0.1, 0.15) is 5.75 Å². The minimum atomic E-state index is 0.221. The molecule has 1 fully saturated rings. The van der Waals surface area contributed by atoms with Gasteiger partial charge in [-0.05, 0) is 41.9 Å². The summed E-state index contributed by atoms with van der Waals surface area (Å²) in [6.07, 6.45) is 1.93. The Morgan fingerprint density at radius 3 is 2.68 bits per heavy atom. The summed E-state index contributed by atoms with van der Waals surface area (Å²) in [6.45, 7) is 6.38. The molecule has 3 N–H and O–H groups in total. The van der Waals surface area contributed by atoms with Gasteiger partial charge in [-0.15, -0.1) is 0 Å². The van der Waals surface area contributed by atoms with Crippen LogP contribution in [0, 0.1) is 5.92 Å². The van der Waals surface area contributed by atoms with Crippen molar-refractivity contribution in [2.75, 3.05) is 20.3 Å². The van der Waals surface area contributed by atoms with E-state index in [1.165, 1.54) is 16.7 Å². The van der Waals surface area contributed by atoms with E-state index in [4.69, 9.17) is 4.74 Å². The fourth-order valence-electron chi connectivity index (χ4n) is 4.23. The third-order valence-electron chi connectivity index (χ3n) is 6.14. The highest BCUT2D eigenvalue weighted by atomic mass is 16.5. The second kappa shape index (κ2) is 10.1. The fraction of sp³-hybridized carbons (Fsp3) is 0.500. The Morgan fingerprint density at radius 2 is 2.00 bits per heavy atom. The Hall–Kier alpha value is -1.88. The van der Waals surface area contributed by atoms with Crippen LogP contribution in [0.25, 0.3) is 0 Å². The molecule has 1 aliphatic rings. The van der Waals surface area contributed by atoms with Gasteiger partial charge in [0.15, 0.2) is 0 Å². The van der Waals surface area contributed by atoms with Gasteiger partial charge in [0.05, 0.1) is 7.11 Å². The standard InChI is InChI=1S/C24H34N2O2/c1-4-17(2)19-10-11-22(28-3)21(14-19)16-26-24-20(12-13-27)15-25-23(24)18-8-6-5-7-9-18/h5-11,14,17,20,23-27H,4,12-13,15-16H2,1-3H3. The molecule has 28 heavy (non-hydrogen) atoms. The van der Waals surface area contributed by atoms with Crippen molar-refractivity contribution in [3.05, 3.63) is 65.2 Å². The van der Waals surface area contributed by atoms with Gasteiger partial charge < -0.3 is 20.5 Å². The first-order valence-electron chi connectivity index (χ1n) is 10.5. The maximum Gasteiger partial charge on any atom is 0.123 e. The topological polar surface area (TPSA) is 53.5 Å². The van der Waals surface area contributed by atoms with E-state index >= 15 is 0 Å². The first-order chi connectivity index (χ1) is 13.7. The zero-order valence-corrected chi connectivity index (χ0v) is 17.3. The number of hydrogen-bond donors (Lipinski definition) is 3. The Bertz CT molecular complexity index is 735. The molecule has 1 heterocycles. The second-order valence-corrected chi connectivity index (χ2v) is 7.86. The van der Waals surface area contributed by atoms with Gasteiger partial charge in [-0.3, -0.25) is 0 Å². The van der Waals surface area contributed by atoms with Crippen molar-refractivity contribution in [3.63, 3.8) is 0 Å². The normalized spacial score (nSPS) is 22.9. The molecule has 1 aliphatic heterocycles. The third kappa shape index (κ3) is 4.75. The minimum Gasteiger partial charge on any atom is -0.496 e. The van der Waals surface area contributed by atoms with Crippen molar-refractivity contribution in [2.45, 2.75) is 51.2 Å². The molecule has 4 atom stereocenters. The Kier molecular flexibility index (Phi) is 7.49. The first-order valence-corrected chi connectivity index (χ1v) is 10.5. The van der Waals surface area contributed by atoms with Crippen molar-refractivity contribution < 1.29 is 9.84 Å². The molecule has 4 nitrogen and oxygen atoms in total. The van der Waals surface area contributed by atoms with Crippen LogP contribution in [-0.4, -0.2) is 31.4 Å². The number of methoxy groups -OCH3 is 1. The monoisotopic (exact) mass is 382 g/mol. The van der Waals surface area contributed by atoms with Gasteiger partial charge in [0.25, 0.3) is 0 Å². The predicted octanol–water partition coefficient (Wildman–Crippen LogP) is 4.01. The highest BCUT2D eigenvalue weighted by Gasteiger charge is 2.35. The van der Waals surface area contributed by atoms with Crippen molar-refractivity contribution in [1.29, 1.82) is 0 Å². The number of hydrogen-bond acceptors (Lipinski definition) is 4. The van der Waals surface area contributed by atoms with Gasteiger partial charge in [-0.25, -0.2) is 0 Å². The van der Waals surface area contributed by atoms with E-state index in [0.29, 0.717) is 11.8 Å². The maximum absolute atomic E-state index is 9.52. The molecule has 3 rings (SSSR count). The fourth-order valence-corrected chi connectivity index (χ4v) is 4.23. The molecule has 2 aromatic carbocycles. The minimum absolute atomic E-state index is 0.221. The quantitative estimate of drug-likeness (QED) is 0.613. The smallest absolute Gasteiger partial charge is 0.123 e. The summed E-state index contributed by atoms with van der Waals surface area (Å²) in [5.41, 5.74) is 3.85. The van der Waals surface area contributed by atoms with E-state index in [9.17, 15) is 5.11 Å². The van der Waals surface area contributed by atoms with Crippen LogP contribution in [-0.2, 0) is 6.54 Å². The Morgan fingerprint density at radius 1 is 1.21 bits per heavy atom. The molecule has 152 valence electrons. The highest BCUT2D eigenvalue weighted by Crippen LogP contribution is 2.31. The van der Waals surface area contributed by atoms with Gasteiger partial charge in [0.2, 0.25) is 0 Å². The molecular weight excluding hydrogens is 348 g/mol. The summed E-state index contributed by atoms with van der Waals surface area (Å²) in [5.74, 6) is 1.87. The summed E-state index contributed by atoms with van der Waals surface area (Å²) >= 11 is 0. The molecule has 0 aliphatic carbocycles. The third-order valence-corrected chi connectivity index (χ3v) is 6.14. The molecule has 0 bridgehead atoms. The van der Waals surface area contributed by atoms with Crippen LogP contribution < -0.4 is 15.4 Å². The van der Waals surface area contributed by atoms with Gasteiger partial charge >= 0.3 is 0 Å². The number of rotatable bonds is 9. The number of ether oxygens (including phenoxy) is 1. The van der Waals surface area contributed by atoms with Crippen LogP contribution in [0.15, 0.2) is 48.5 Å². The SMILES string of the molecule is CCC(C)c1ccc(OC)c(CNC2C(CCO)CNC2c2ccccc2)c1. The largest absolute Gasteiger partial charge is 0.496 e. The molecule has 0 spiro atoms. The molecule has 0 saturated carbocycles. The van der Waals surface area contributed by atoms with Gasteiger partial charge in [-0.1, -0.05) is 56.3 Å². The highest BCUT2D eigenvalue weighted by molar-refractivity contribution is 5.38. The van der Waals surface area contributed by atoms with Crippen molar-refractivity contribution in [3.8, 4) is 5.75 Å². The van der Waals surface area contributed by atoms with E-state index in [2.05, 4.69) is 73.0 Å². The number of nitrogens with one attached hydrogen (secondary N) is 2. The molecule has 4 unspecified atom stereocenters. The summed E-state index contributed by atoms with van der Waals surface area (Å²) < 4.78 is 5.62. The van der Waals surface area contributed by atoms with E-state index in [-0.39, 0.29) is 18.7 Å². The molecule has 0 aromatic heterocycles. The van der Waals surface area contributed by atoms with E-state index in [1.54, 1.807) is 7.11 Å². The Balaban J connectivity index is 1.79. The number of aliphatic hydroxyl groups is 1. The summed E-state index contributed by atoms with van der Waals surface area (Å²) in [7, 11) is 1.74. The van der Waals surface area contributed by atoms with Crippen LogP contribution in [0.5, 0.6) is 5.75 Å². The maximum atomic E-state index is 9.52. The molecule has 0 amide bonds. The van der Waals surface area contributed by atoms with Crippen molar-refractivity contribution >= 4 is 0 Å². The lowest BCUT2D eigenvalue weighted by Crippen LogP contribution is -2.38. The lowest BCUT2D eigenvalue weighted by molar-refractivity contribution is 0.243.